The van der Waals surface area contributed by atoms with Gasteiger partial charge in [-0.3, -0.25) is 14.2 Å². The minimum Gasteiger partial charge on any atom is -0.462 e. The first kappa shape index (κ1) is 29.0. The van der Waals surface area contributed by atoms with Crippen LogP contribution in [0.15, 0.2) is 17.1 Å². The average molecular weight is 518 g/mol. The van der Waals surface area contributed by atoms with Crippen molar-refractivity contribution in [3.63, 3.8) is 0 Å². The largest absolute Gasteiger partial charge is 0.462 e. The molecule has 0 aromatic carbocycles. The van der Waals surface area contributed by atoms with E-state index in [1.807, 2.05) is 41.5 Å². The molecule has 2 N–H and O–H groups in total. The van der Waals surface area contributed by atoms with Crippen molar-refractivity contribution in [3.05, 3.63) is 22.7 Å². The topological polar surface area (TPSA) is 123 Å². The van der Waals surface area contributed by atoms with Crippen molar-refractivity contribution in [3.8, 4) is 0 Å². The molecule has 1 aliphatic heterocycles. The van der Waals surface area contributed by atoms with Gasteiger partial charge in [-0.1, -0.05) is 41.5 Å². The molecule has 35 heavy (non-hydrogen) atoms. The monoisotopic (exact) mass is 517 g/mol. The van der Waals surface area contributed by atoms with Crippen LogP contribution < -0.4 is 11.4 Å². The zero-order chi connectivity index (χ0) is 26.6. The highest BCUT2D eigenvalue weighted by atomic mass is 35.5. The summed E-state index contributed by atoms with van der Waals surface area (Å²) in [5.74, 6) is -1.56. The van der Waals surface area contributed by atoms with E-state index in [-0.39, 0.29) is 35.4 Å². The molecule has 11 heteroatoms. The Hall–Kier alpha value is -2.20. The van der Waals surface area contributed by atoms with Crippen LogP contribution in [0.5, 0.6) is 0 Å². The lowest BCUT2D eigenvalue weighted by atomic mass is 9.90. The number of rotatable bonds is 9. The number of nitrogens with two attached hydrogens (primary N) is 1. The van der Waals surface area contributed by atoms with Gasteiger partial charge in [-0.2, -0.15) is 4.98 Å². The highest BCUT2D eigenvalue weighted by molar-refractivity contribution is 6.18. The number of esters is 2. The molecule has 9 nitrogen and oxygen atoms in total. The summed E-state index contributed by atoms with van der Waals surface area (Å²) in [7, 11) is 0. The number of hydrogen-bond acceptors (Lipinski definition) is 8. The molecule has 2 rings (SSSR count). The molecule has 0 aliphatic carbocycles. The summed E-state index contributed by atoms with van der Waals surface area (Å²) in [5.41, 5.74) is 2.76. The predicted octanol–water partition coefficient (Wildman–Crippen LogP) is 3.78. The molecular weight excluding hydrogens is 481 g/mol. The van der Waals surface area contributed by atoms with E-state index in [0.29, 0.717) is 12.8 Å². The Morgan fingerprint density at radius 2 is 1.74 bits per heavy atom. The van der Waals surface area contributed by atoms with Crippen molar-refractivity contribution < 1.29 is 28.2 Å². The number of halogens is 2. The van der Waals surface area contributed by atoms with E-state index in [9.17, 15) is 14.4 Å². The fourth-order valence-corrected chi connectivity index (χ4v) is 3.80. The Kier molecular flexibility index (Phi) is 9.33. The van der Waals surface area contributed by atoms with Crippen molar-refractivity contribution in [1.82, 2.24) is 9.55 Å². The molecule has 1 saturated heterocycles. The molecule has 1 aliphatic rings. The molecular formula is C24H37ClFN3O6. The van der Waals surface area contributed by atoms with Crippen molar-refractivity contribution in [2.75, 3.05) is 18.2 Å². The highest BCUT2D eigenvalue weighted by Crippen LogP contribution is 2.42. The second-order valence-electron chi connectivity index (χ2n) is 11.4. The maximum Gasteiger partial charge on any atom is 0.351 e. The van der Waals surface area contributed by atoms with Gasteiger partial charge >= 0.3 is 17.6 Å². The van der Waals surface area contributed by atoms with Crippen LogP contribution in [-0.4, -0.2) is 51.9 Å². The van der Waals surface area contributed by atoms with E-state index in [1.165, 1.54) is 12.3 Å². The van der Waals surface area contributed by atoms with Gasteiger partial charge in [-0.15, -0.1) is 11.6 Å². The first-order chi connectivity index (χ1) is 16.1. The maximum absolute atomic E-state index is 15.7. The summed E-state index contributed by atoms with van der Waals surface area (Å²) in [6.07, 6.45) is -2.50. The number of nitrogen functional groups attached to an aromatic ring is 1. The van der Waals surface area contributed by atoms with Gasteiger partial charge in [0.15, 0.2) is 24.1 Å². The van der Waals surface area contributed by atoms with Crippen LogP contribution in [0.4, 0.5) is 10.2 Å². The number of aromatic nitrogens is 2. The van der Waals surface area contributed by atoms with Gasteiger partial charge in [-0.05, 0) is 29.7 Å². The van der Waals surface area contributed by atoms with Crippen molar-refractivity contribution >= 4 is 29.4 Å². The van der Waals surface area contributed by atoms with E-state index in [4.69, 9.17) is 31.5 Å². The van der Waals surface area contributed by atoms with Crippen LogP contribution in [-0.2, 0) is 23.8 Å². The molecule has 0 saturated carbocycles. The molecule has 0 spiro atoms. The molecule has 0 bridgehead atoms. The number of anilines is 1. The van der Waals surface area contributed by atoms with Crippen LogP contribution in [0.2, 0.25) is 0 Å². The second kappa shape index (κ2) is 11.2. The third-order valence-electron chi connectivity index (χ3n) is 5.68. The summed E-state index contributed by atoms with van der Waals surface area (Å²) < 4.78 is 33.5. The van der Waals surface area contributed by atoms with Crippen molar-refractivity contribution in [1.29, 1.82) is 0 Å². The maximum atomic E-state index is 15.7. The van der Waals surface area contributed by atoms with Gasteiger partial charge in [0, 0.05) is 19.0 Å². The molecule has 1 aromatic heterocycles. The molecule has 1 aromatic rings. The normalized spacial score (nSPS) is 24.9. The van der Waals surface area contributed by atoms with E-state index < -0.39 is 48.3 Å². The number of alkyl halides is 2. The van der Waals surface area contributed by atoms with E-state index in [2.05, 4.69) is 4.98 Å². The number of nitrogens with zero attached hydrogens (tertiary/aromatic N) is 2. The zero-order valence-electron chi connectivity index (χ0n) is 21.3. The number of carbonyl (C=O) groups excluding carboxylic acids is 2. The minimum absolute atomic E-state index is 0.0406. The summed E-state index contributed by atoms with van der Waals surface area (Å²) in [6.45, 7) is 11.4. The quantitative estimate of drug-likeness (QED) is 0.388. The molecule has 198 valence electrons. The van der Waals surface area contributed by atoms with Gasteiger partial charge < -0.3 is 19.9 Å². The van der Waals surface area contributed by atoms with Crippen LogP contribution in [0.1, 0.15) is 73.5 Å². The second-order valence-corrected chi connectivity index (χ2v) is 11.7. The Morgan fingerprint density at radius 3 is 2.26 bits per heavy atom. The van der Waals surface area contributed by atoms with E-state index in [0.717, 1.165) is 4.57 Å². The van der Waals surface area contributed by atoms with E-state index >= 15 is 4.39 Å². The average Bonchev–Trinajstić information content (AvgIpc) is 3.00. The first-order valence-corrected chi connectivity index (χ1v) is 12.2. The molecule has 1 fully saturated rings. The lowest BCUT2D eigenvalue weighted by Crippen LogP contribution is -2.50. The van der Waals surface area contributed by atoms with Gasteiger partial charge in [-0.25, -0.2) is 9.18 Å². The predicted molar refractivity (Wildman–Crippen MR) is 130 cm³/mol. The Balaban J connectivity index is 2.29. The molecule has 2 heterocycles. The molecule has 0 unspecified atom stereocenters. The lowest BCUT2D eigenvalue weighted by molar-refractivity contribution is -0.174. The molecule has 0 radical (unpaired) electrons. The molecule has 0 amide bonds. The first-order valence-electron chi connectivity index (χ1n) is 11.6. The van der Waals surface area contributed by atoms with Gasteiger partial charge in [0.2, 0.25) is 0 Å². The van der Waals surface area contributed by atoms with E-state index in [1.54, 1.807) is 0 Å². The van der Waals surface area contributed by atoms with Gasteiger partial charge in [0.25, 0.3) is 0 Å². The van der Waals surface area contributed by atoms with Crippen molar-refractivity contribution in [2.45, 2.75) is 91.3 Å². The third-order valence-corrected chi connectivity index (χ3v) is 6.13. The Morgan fingerprint density at radius 1 is 1.17 bits per heavy atom. The van der Waals surface area contributed by atoms with Crippen LogP contribution in [0, 0.1) is 10.8 Å². The van der Waals surface area contributed by atoms with Crippen molar-refractivity contribution in [2.24, 2.45) is 10.8 Å². The van der Waals surface area contributed by atoms with Crippen LogP contribution >= 0.6 is 11.6 Å². The summed E-state index contributed by atoms with van der Waals surface area (Å²) >= 11 is 6.21. The van der Waals surface area contributed by atoms with Gasteiger partial charge in [0.05, 0.1) is 5.88 Å². The standard InChI is InChI=1S/C24H37ClFN3O6/c1-22(2,3)10-7-16(30)33-14-24(13-25)19(34-17(31)8-11-23(4,5)6)18(26)20(35-24)29-12-9-15(27)28-21(29)32/h9,12,18-20H,7-8,10-11,13-14H2,1-6H3,(H2,27,28,32)/t18-,19+,20-,24-/m1/s1. The summed E-state index contributed by atoms with van der Waals surface area (Å²) in [4.78, 5) is 40.9. The fraction of sp³-hybridized carbons (Fsp3) is 0.750. The van der Waals surface area contributed by atoms with Crippen LogP contribution in [0.25, 0.3) is 0 Å². The van der Waals surface area contributed by atoms with Gasteiger partial charge in [0.1, 0.15) is 12.4 Å². The number of carbonyl (C=O) groups is 2. The fourth-order valence-electron chi connectivity index (χ4n) is 3.51. The number of ether oxygens (including phenoxy) is 3. The molecule has 4 atom stereocenters. The SMILES string of the molecule is CC(C)(C)CCC(=O)OC[C@@]1(CCl)O[C@@H](n2ccc(N)nc2=O)[C@H](F)[C@@H]1OC(=O)CCC(C)(C)C. The highest BCUT2D eigenvalue weighted by Gasteiger charge is 2.59. The minimum atomic E-state index is -1.98. The third kappa shape index (κ3) is 8.17. The smallest absolute Gasteiger partial charge is 0.351 e. The lowest BCUT2D eigenvalue weighted by Gasteiger charge is -2.31. The zero-order valence-corrected chi connectivity index (χ0v) is 22.1. The Bertz CT molecular complexity index is 958. The summed E-state index contributed by atoms with van der Waals surface area (Å²) in [5, 5.41) is 0. The summed E-state index contributed by atoms with van der Waals surface area (Å²) in [6, 6.07) is 1.31. The number of hydrogen-bond donors (Lipinski definition) is 1. The Labute approximate surface area is 210 Å². The van der Waals surface area contributed by atoms with Crippen LogP contribution in [0.3, 0.4) is 0 Å².